The predicted molar refractivity (Wildman–Crippen MR) is 187 cm³/mol. The summed E-state index contributed by atoms with van der Waals surface area (Å²) in [4.78, 5) is 10.4. The van der Waals surface area contributed by atoms with Gasteiger partial charge in [0.25, 0.3) is 0 Å². The van der Waals surface area contributed by atoms with Gasteiger partial charge in [-0.05, 0) is 0 Å². The minimum absolute atomic E-state index is 0.739. The van der Waals surface area contributed by atoms with E-state index >= 15 is 0 Å². The van der Waals surface area contributed by atoms with Crippen LogP contribution in [-0.2, 0) is 0 Å². The molecule has 8 aromatic rings. The summed E-state index contributed by atoms with van der Waals surface area (Å²) in [6, 6.07) is 50.1. The summed E-state index contributed by atoms with van der Waals surface area (Å²) in [5.74, 6) is 5.81. The van der Waals surface area contributed by atoms with Gasteiger partial charge >= 0.3 is 217 Å². The Balaban J connectivity index is 1.25. The van der Waals surface area contributed by atoms with Crippen LogP contribution in [0.1, 0.15) is 0 Å². The fraction of sp³-hybridized carbons (Fsp3) is 0.0500. The van der Waals surface area contributed by atoms with Crippen molar-refractivity contribution in [2.24, 2.45) is 0 Å². The van der Waals surface area contributed by atoms with E-state index in [0.29, 0.717) is 0 Å². The number of rotatable bonds is 3. The first-order chi connectivity index (χ1) is 21.6. The Hall–Kier alpha value is -5.00. The van der Waals surface area contributed by atoms with Crippen molar-refractivity contribution in [2.45, 2.75) is 11.5 Å². The summed E-state index contributed by atoms with van der Waals surface area (Å²) in [5, 5.41) is 4.78. The third kappa shape index (κ3) is 3.63. The van der Waals surface area contributed by atoms with Crippen LogP contribution >= 0.6 is 0 Å². The monoisotopic (exact) mass is 625 g/mol. The third-order valence-corrected chi connectivity index (χ3v) is 16.8. The van der Waals surface area contributed by atoms with Gasteiger partial charge in [-0.3, -0.25) is 0 Å². The van der Waals surface area contributed by atoms with Crippen LogP contribution in [0.5, 0.6) is 0 Å². The fourth-order valence-electron chi connectivity index (χ4n) is 7.33. The van der Waals surface area contributed by atoms with Gasteiger partial charge < -0.3 is 0 Å². The topological polar surface area (TPSA) is 30.7 Å². The Kier molecular flexibility index (Phi) is 5.51. The van der Waals surface area contributed by atoms with Gasteiger partial charge in [0, 0.05) is 0 Å². The van der Waals surface area contributed by atoms with Crippen LogP contribution in [0.4, 0.5) is 0 Å². The molecule has 0 amide bonds. The zero-order chi connectivity index (χ0) is 29.4. The number of aromatic nitrogens is 3. The van der Waals surface area contributed by atoms with E-state index in [4.69, 9.17) is 9.97 Å². The molecular weight excluding hydrogens is 595 g/mol. The van der Waals surface area contributed by atoms with Crippen molar-refractivity contribution in [3.05, 3.63) is 140 Å². The van der Waals surface area contributed by atoms with Crippen molar-refractivity contribution in [3.8, 4) is 39.6 Å². The molecule has 0 fully saturated rings. The number of benzene rings is 6. The summed E-state index contributed by atoms with van der Waals surface area (Å²) in [7, 11) is 0. The Morgan fingerprint density at radius 2 is 1.25 bits per heavy atom. The molecule has 2 aromatic heterocycles. The summed E-state index contributed by atoms with van der Waals surface area (Å²) in [6.07, 6.45) is 0. The molecule has 4 heteroatoms. The van der Waals surface area contributed by atoms with Crippen LogP contribution in [-0.4, -0.2) is 27.8 Å². The molecule has 0 aliphatic carbocycles. The van der Waals surface area contributed by atoms with E-state index in [2.05, 4.69) is 150 Å². The summed E-state index contributed by atoms with van der Waals surface area (Å²) >= 11 is -2.47. The molecule has 44 heavy (non-hydrogen) atoms. The van der Waals surface area contributed by atoms with Crippen molar-refractivity contribution < 1.29 is 0 Å². The van der Waals surface area contributed by atoms with E-state index < -0.39 is 13.3 Å². The molecule has 0 spiro atoms. The zero-order valence-electron chi connectivity index (χ0n) is 24.6. The van der Waals surface area contributed by atoms with Gasteiger partial charge in [-0.15, -0.1) is 0 Å². The fourth-order valence-corrected chi connectivity index (χ4v) is 14.4. The van der Waals surface area contributed by atoms with E-state index in [1.165, 1.54) is 27.5 Å². The first kappa shape index (κ1) is 25.5. The second kappa shape index (κ2) is 9.50. The molecule has 0 saturated carbocycles. The Morgan fingerprint density at radius 3 is 2.09 bits per heavy atom. The number of para-hydroxylation sites is 1. The van der Waals surface area contributed by atoms with E-state index in [1.54, 1.807) is 8.79 Å². The molecule has 208 valence electrons. The Labute approximate surface area is 258 Å². The van der Waals surface area contributed by atoms with Crippen molar-refractivity contribution in [3.63, 3.8) is 0 Å². The van der Waals surface area contributed by atoms with Gasteiger partial charge in [0.05, 0.1) is 0 Å². The van der Waals surface area contributed by atoms with Gasteiger partial charge in [-0.25, -0.2) is 0 Å². The maximum atomic E-state index is 5.20. The Morgan fingerprint density at radius 1 is 0.545 bits per heavy atom. The number of nitrogens with zero attached hydrogens (tertiary/aromatic N) is 3. The number of hydrogen-bond donors (Lipinski definition) is 0. The van der Waals surface area contributed by atoms with Gasteiger partial charge in [-0.2, -0.15) is 0 Å². The second-order valence-electron chi connectivity index (χ2n) is 12.2. The summed E-state index contributed by atoms with van der Waals surface area (Å²) in [6.45, 7) is 0. The van der Waals surface area contributed by atoms with Crippen molar-refractivity contribution in [2.75, 3.05) is 0 Å². The average molecular weight is 624 g/mol. The minimum atomic E-state index is -2.47. The van der Waals surface area contributed by atoms with Gasteiger partial charge in [-0.1, -0.05) is 42.5 Å². The van der Waals surface area contributed by atoms with Gasteiger partial charge in [0.1, 0.15) is 0 Å². The van der Waals surface area contributed by atoms with Crippen LogP contribution < -0.4 is 8.79 Å². The first-order valence-electron chi connectivity index (χ1n) is 15.2. The third-order valence-electron chi connectivity index (χ3n) is 9.38. The van der Waals surface area contributed by atoms with Crippen molar-refractivity contribution in [1.82, 2.24) is 14.5 Å². The molecule has 1 aliphatic heterocycles. The average Bonchev–Trinajstić information content (AvgIpc) is 3.55. The molecule has 0 radical (unpaired) electrons. The van der Waals surface area contributed by atoms with E-state index in [9.17, 15) is 0 Å². The van der Waals surface area contributed by atoms with E-state index in [0.717, 1.165) is 44.6 Å². The maximum absolute atomic E-state index is 5.20. The standard InChI is InChI=1S/C40H29GeN3/c1-41(2)34-18-10-8-16-31(34)39-36(41)32-17-9-11-19-35(32)44(39)29-23-20-28(21-24-29)40-42-37(27-13-4-3-5-14-27)33-25-22-26-12-6-7-15-30(26)38(33)43-40/h3-25H,1-2H3. The van der Waals surface area contributed by atoms with E-state index in [-0.39, 0.29) is 0 Å². The summed E-state index contributed by atoms with van der Waals surface area (Å²) < 4.78 is 5.64. The van der Waals surface area contributed by atoms with E-state index in [1.807, 2.05) is 6.07 Å². The molecule has 0 bridgehead atoms. The van der Waals surface area contributed by atoms with Crippen LogP contribution in [0.3, 0.4) is 0 Å². The molecule has 0 atom stereocenters. The molecule has 3 heterocycles. The van der Waals surface area contributed by atoms with Gasteiger partial charge in [0.15, 0.2) is 0 Å². The molecular formula is C40H29GeN3. The SMILES string of the molecule is [CH3][Ge]1([CH3])[c]2ccccc2-c2[c]1c1ccccc1n2-c1ccc(-c2nc(-c3ccccc3)c3ccc4ccccc4c3n2)cc1. The second-order valence-corrected chi connectivity index (χ2v) is 21.2. The van der Waals surface area contributed by atoms with Crippen molar-refractivity contribution in [1.29, 1.82) is 0 Å². The number of hydrogen-bond acceptors (Lipinski definition) is 2. The van der Waals surface area contributed by atoms with Crippen LogP contribution in [0.15, 0.2) is 140 Å². The molecule has 0 N–H and O–H groups in total. The predicted octanol–water partition coefficient (Wildman–Crippen LogP) is 8.86. The zero-order valence-corrected chi connectivity index (χ0v) is 26.7. The first-order valence-corrected chi connectivity index (χ1v) is 21.5. The Bertz CT molecular complexity index is 2400. The van der Waals surface area contributed by atoms with Gasteiger partial charge in [0.2, 0.25) is 0 Å². The molecule has 0 unspecified atom stereocenters. The molecule has 3 nitrogen and oxygen atoms in total. The normalized spacial score (nSPS) is 13.4. The van der Waals surface area contributed by atoms with Crippen LogP contribution in [0, 0.1) is 0 Å². The number of fused-ring (bicyclic) bond motifs is 8. The van der Waals surface area contributed by atoms with Crippen LogP contribution in [0.25, 0.3) is 72.2 Å². The van der Waals surface area contributed by atoms with Crippen LogP contribution in [0.2, 0.25) is 11.5 Å². The molecule has 1 aliphatic rings. The molecule has 6 aromatic carbocycles. The summed E-state index contributed by atoms with van der Waals surface area (Å²) in [5.41, 5.74) is 9.25. The molecule has 9 rings (SSSR count). The quantitative estimate of drug-likeness (QED) is 0.145. The molecule has 0 saturated heterocycles. The van der Waals surface area contributed by atoms with Crippen molar-refractivity contribution >= 4 is 54.6 Å².